The molecule has 0 bridgehead atoms. The van der Waals surface area contributed by atoms with Crippen LogP contribution in [0, 0.1) is 11.7 Å². The molecule has 112 valence electrons. The molecule has 1 unspecified atom stereocenters. The SMILES string of the molecule is CCCNC(c1ccc(-c2ccc(Br)cc2F)s1)C1CC1. The Morgan fingerprint density at radius 3 is 2.81 bits per heavy atom. The lowest BCUT2D eigenvalue weighted by atomic mass is 10.1. The zero-order valence-corrected chi connectivity index (χ0v) is 14.4. The molecule has 0 radical (unpaired) electrons. The van der Waals surface area contributed by atoms with Gasteiger partial charge in [0.2, 0.25) is 0 Å². The molecule has 1 saturated carbocycles. The molecule has 1 heterocycles. The van der Waals surface area contributed by atoms with E-state index in [1.807, 2.05) is 12.1 Å². The van der Waals surface area contributed by atoms with E-state index < -0.39 is 0 Å². The summed E-state index contributed by atoms with van der Waals surface area (Å²) in [6.45, 7) is 3.23. The Kier molecular flexibility index (Phi) is 4.77. The summed E-state index contributed by atoms with van der Waals surface area (Å²) < 4.78 is 14.9. The number of nitrogens with one attached hydrogen (secondary N) is 1. The number of hydrogen-bond donors (Lipinski definition) is 1. The lowest BCUT2D eigenvalue weighted by Crippen LogP contribution is -2.22. The number of rotatable bonds is 6. The Hall–Kier alpha value is -0.710. The minimum atomic E-state index is -0.165. The van der Waals surface area contributed by atoms with Crippen molar-refractivity contribution in [3.05, 3.63) is 45.5 Å². The van der Waals surface area contributed by atoms with E-state index in [1.165, 1.54) is 23.8 Å². The second-order valence-electron chi connectivity index (χ2n) is 5.60. The number of benzene rings is 1. The fourth-order valence-corrected chi connectivity index (χ4v) is 4.12. The van der Waals surface area contributed by atoms with E-state index in [4.69, 9.17) is 0 Å². The van der Waals surface area contributed by atoms with Crippen molar-refractivity contribution in [2.45, 2.75) is 32.2 Å². The second-order valence-corrected chi connectivity index (χ2v) is 7.63. The van der Waals surface area contributed by atoms with Gasteiger partial charge in [-0.05, 0) is 62.1 Å². The van der Waals surface area contributed by atoms with Crippen molar-refractivity contribution >= 4 is 27.3 Å². The Labute approximate surface area is 137 Å². The van der Waals surface area contributed by atoms with Gasteiger partial charge in [-0.1, -0.05) is 22.9 Å². The molecule has 1 aliphatic rings. The van der Waals surface area contributed by atoms with Crippen LogP contribution in [0.25, 0.3) is 10.4 Å². The first kappa shape index (κ1) is 15.2. The van der Waals surface area contributed by atoms with E-state index in [0.29, 0.717) is 11.6 Å². The smallest absolute Gasteiger partial charge is 0.132 e. The Morgan fingerprint density at radius 1 is 1.33 bits per heavy atom. The third kappa shape index (κ3) is 3.55. The highest BCUT2D eigenvalue weighted by Crippen LogP contribution is 2.44. The third-order valence-corrected chi connectivity index (χ3v) is 5.53. The topological polar surface area (TPSA) is 12.0 Å². The van der Waals surface area contributed by atoms with E-state index in [0.717, 1.165) is 28.2 Å². The molecule has 21 heavy (non-hydrogen) atoms. The van der Waals surface area contributed by atoms with Gasteiger partial charge in [0.05, 0.1) is 0 Å². The van der Waals surface area contributed by atoms with Crippen molar-refractivity contribution in [3.8, 4) is 10.4 Å². The molecule has 0 amide bonds. The predicted octanol–water partition coefficient (Wildman–Crippen LogP) is 5.77. The molecule has 2 aromatic rings. The Bertz CT molecular complexity index is 621. The van der Waals surface area contributed by atoms with Gasteiger partial charge in [-0.3, -0.25) is 0 Å². The molecule has 1 aromatic carbocycles. The summed E-state index contributed by atoms with van der Waals surface area (Å²) in [7, 11) is 0. The van der Waals surface area contributed by atoms with E-state index in [2.05, 4.69) is 40.3 Å². The average molecular weight is 368 g/mol. The molecular weight excluding hydrogens is 349 g/mol. The average Bonchev–Trinajstić information content (AvgIpc) is 3.18. The van der Waals surface area contributed by atoms with Crippen LogP contribution in [0.2, 0.25) is 0 Å². The molecule has 1 N–H and O–H groups in total. The lowest BCUT2D eigenvalue weighted by molar-refractivity contribution is 0.488. The van der Waals surface area contributed by atoms with Crippen LogP contribution < -0.4 is 5.32 Å². The Balaban J connectivity index is 1.84. The molecule has 1 nitrogen and oxygen atoms in total. The second kappa shape index (κ2) is 6.59. The van der Waals surface area contributed by atoms with Crippen molar-refractivity contribution in [3.63, 3.8) is 0 Å². The van der Waals surface area contributed by atoms with Crippen molar-refractivity contribution in [2.75, 3.05) is 6.54 Å². The molecule has 1 atom stereocenters. The normalized spacial score (nSPS) is 16.1. The van der Waals surface area contributed by atoms with Crippen molar-refractivity contribution < 1.29 is 4.39 Å². The van der Waals surface area contributed by atoms with Crippen LogP contribution in [0.5, 0.6) is 0 Å². The molecule has 0 saturated heterocycles. The van der Waals surface area contributed by atoms with Gasteiger partial charge >= 0.3 is 0 Å². The molecule has 1 fully saturated rings. The zero-order chi connectivity index (χ0) is 14.8. The van der Waals surface area contributed by atoms with Gasteiger partial charge in [-0.15, -0.1) is 11.3 Å². The van der Waals surface area contributed by atoms with Gasteiger partial charge in [0.25, 0.3) is 0 Å². The van der Waals surface area contributed by atoms with E-state index in [9.17, 15) is 4.39 Å². The molecule has 3 rings (SSSR count). The summed E-state index contributed by atoms with van der Waals surface area (Å²) >= 11 is 5.02. The maximum Gasteiger partial charge on any atom is 0.132 e. The van der Waals surface area contributed by atoms with Crippen LogP contribution in [0.1, 0.15) is 37.1 Å². The number of hydrogen-bond acceptors (Lipinski definition) is 2. The molecular formula is C17H19BrFNS. The fourth-order valence-electron chi connectivity index (χ4n) is 2.58. The van der Waals surface area contributed by atoms with Crippen molar-refractivity contribution in [1.29, 1.82) is 0 Å². The maximum atomic E-state index is 14.1. The van der Waals surface area contributed by atoms with Gasteiger partial charge < -0.3 is 5.32 Å². The highest BCUT2D eigenvalue weighted by molar-refractivity contribution is 9.10. The predicted molar refractivity (Wildman–Crippen MR) is 91.2 cm³/mol. The van der Waals surface area contributed by atoms with Crippen LogP contribution in [0.4, 0.5) is 4.39 Å². The first-order valence-corrected chi connectivity index (χ1v) is 9.08. The molecule has 1 aromatic heterocycles. The fraction of sp³-hybridized carbons (Fsp3) is 0.412. The van der Waals surface area contributed by atoms with Gasteiger partial charge in [0.1, 0.15) is 5.82 Å². The largest absolute Gasteiger partial charge is 0.309 e. The van der Waals surface area contributed by atoms with Crippen LogP contribution in [0.3, 0.4) is 0 Å². The minimum Gasteiger partial charge on any atom is -0.309 e. The first-order valence-electron chi connectivity index (χ1n) is 7.47. The van der Waals surface area contributed by atoms with Crippen molar-refractivity contribution in [1.82, 2.24) is 5.32 Å². The van der Waals surface area contributed by atoms with Crippen LogP contribution in [0.15, 0.2) is 34.8 Å². The van der Waals surface area contributed by atoms with Crippen LogP contribution in [-0.2, 0) is 0 Å². The summed E-state index contributed by atoms with van der Waals surface area (Å²) in [6, 6.07) is 9.93. The monoisotopic (exact) mass is 367 g/mol. The lowest BCUT2D eigenvalue weighted by Gasteiger charge is -2.16. The van der Waals surface area contributed by atoms with Gasteiger partial charge in [0, 0.05) is 25.8 Å². The molecule has 4 heteroatoms. The summed E-state index contributed by atoms with van der Waals surface area (Å²) in [5.74, 6) is 0.597. The summed E-state index contributed by atoms with van der Waals surface area (Å²) in [5.41, 5.74) is 0.694. The Morgan fingerprint density at radius 2 is 2.14 bits per heavy atom. The number of halogens is 2. The summed E-state index contributed by atoms with van der Waals surface area (Å²) in [4.78, 5) is 2.35. The van der Waals surface area contributed by atoms with Gasteiger partial charge in [-0.2, -0.15) is 0 Å². The number of thiophene rings is 1. The van der Waals surface area contributed by atoms with Gasteiger partial charge in [-0.25, -0.2) is 4.39 Å². The summed E-state index contributed by atoms with van der Waals surface area (Å²) in [5, 5.41) is 3.65. The molecule has 0 spiro atoms. The molecule has 0 aliphatic heterocycles. The first-order chi connectivity index (χ1) is 10.2. The van der Waals surface area contributed by atoms with E-state index >= 15 is 0 Å². The molecule has 1 aliphatic carbocycles. The third-order valence-electron chi connectivity index (χ3n) is 3.84. The summed E-state index contributed by atoms with van der Waals surface area (Å²) in [6.07, 6.45) is 3.76. The van der Waals surface area contributed by atoms with Crippen molar-refractivity contribution in [2.24, 2.45) is 5.92 Å². The van der Waals surface area contributed by atoms with Crippen LogP contribution in [-0.4, -0.2) is 6.54 Å². The van der Waals surface area contributed by atoms with E-state index in [-0.39, 0.29) is 5.82 Å². The highest BCUT2D eigenvalue weighted by atomic mass is 79.9. The zero-order valence-electron chi connectivity index (χ0n) is 12.0. The quantitative estimate of drug-likeness (QED) is 0.683. The van der Waals surface area contributed by atoms with E-state index in [1.54, 1.807) is 11.3 Å². The highest BCUT2D eigenvalue weighted by Gasteiger charge is 2.32. The minimum absolute atomic E-state index is 0.165. The maximum absolute atomic E-state index is 14.1. The standard InChI is InChI=1S/C17H19BrFNS/c1-2-9-20-17(11-3-4-11)16-8-7-15(21-16)13-6-5-12(18)10-14(13)19/h5-8,10-11,17,20H,2-4,9H2,1H3. The van der Waals surface area contributed by atoms with Gasteiger partial charge in [0.15, 0.2) is 0 Å². The van der Waals surface area contributed by atoms with Crippen LogP contribution >= 0.6 is 27.3 Å².